The Hall–Kier alpha value is -1.30. The van der Waals surface area contributed by atoms with E-state index in [2.05, 4.69) is 5.32 Å². The average molecular weight is 230 g/mol. The maximum atomic E-state index is 12.3. The second-order valence-electron chi connectivity index (χ2n) is 6.13. The highest BCUT2D eigenvalue weighted by molar-refractivity contribution is 5.84. The average Bonchev–Trinajstić information content (AvgIpc) is 2.27. The predicted octanol–water partition coefficient (Wildman–Crippen LogP) is 2.36. The smallest absolute Gasteiger partial charge is 0.230 e. The summed E-state index contributed by atoms with van der Waals surface area (Å²) >= 11 is 0. The molecule has 1 N–H and O–H groups in total. The molecule has 0 aromatic heterocycles. The van der Waals surface area contributed by atoms with Crippen LogP contribution in [-0.4, -0.2) is 5.91 Å². The molecule has 0 unspecified atom stereocenters. The van der Waals surface area contributed by atoms with Gasteiger partial charge in [-0.15, -0.1) is 0 Å². The molecule has 90 valence electrons. The van der Waals surface area contributed by atoms with Gasteiger partial charge in [0.1, 0.15) is 0 Å². The standard InChI is InChI=1S/C14H18N2O/c15-2-1-3-16-13(17)14-7-10-4-11(8-14)6-12(5-10)9-14/h1,3,10-12H,4-9H2,(H,16,17)/b3-1+. The van der Waals surface area contributed by atoms with Crippen molar-refractivity contribution < 1.29 is 4.79 Å². The summed E-state index contributed by atoms with van der Waals surface area (Å²) in [6.45, 7) is 0. The first-order valence-corrected chi connectivity index (χ1v) is 6.57. The van der Waals surface area contributed by atoms with Crippen molar-refractivity contribution in [1.82, 2.24) is 5.32 Å². The summed E-state index contributed by atoms with van der Waals surface area (Å²) < 4.78 is 0. The third kappa shape index (κ3) is 1.76. The molecule has 1 amide bonds. The molecule has 3 heteroatoms. The lowest BCUT2D eigenvalue weighted by Crippen LogP contribution is -2.52. The van der Waals surface area contributed by atoms with E-state index in [1.165, 1.54) is 31.5 Å². The molecule has 0 atom stereocenters. The molecule has 4 saturated carbocycles. The van der Waals surface area contributed by atoms with Gasteiger partial charge >= 0.3 is 0 Å². The second kappa shape index (κ2) is 3.87. The van der Waals surface area contributed by atoms with Gasteiger partial charge < -0.3 is 5.32 Å². The van der Waals surface area contributed by atoms with Crippen molar-refractivity contribution in [3.8, 4) is 6.07 Å². The predicted molar refractivity (Wildman–Crippen MR) is 63.5 cm³/mol. The number of amides is 1. The first-order valence-electron chi connectivity index (χ1n) is 6.57. The number of nitrogens with zero attached hydrogens (tertiary/aromatic N) is 1. The normalized spacial score (nSPS) is 42.6. The van der Waals surface area contributed by atoms with Crippen molar-refractivity contribution in [1.29, 1.82) is 5.26 Å². The topological polar surface area (TPSA) is 52.9 Å². The van der Waals surface area contributed by atoms with Crippen molar-refractivity contribution in [3.63, 3.8) is 0 Å². The molecule has 3 nitrogen and oxygen atoms in total. The summed E-state index contributed by atoms with van der Waals surface area (Å²) in [6.07, 6.45) is 10.1. The van der Waals surface area contributed by atoms with E-state index in [0.717, 1.165) is 37.0 Å². The number of hydrogen-bond donors (Lipinski definition) is 1. The first-order chi connectivity index (χ1) is 8.22. The summed E-state index contributed by atoms with van der Waals surface area (Å²) in [5.41, 5.74) is -0.103. The number of nitrogens with one attached hydrogen (secondary N) is 1. The molecule has 0 aromatic carbocycles. The quantitative estimate of drug-likeness (QED) is 0.740. The number of hydrogen-bond acceptors (Lipinski definition) is 2. The van der Waals surface area contributed by atoms with Gasteiger partial charge in [-0.05, 0) is 56.3 Å². The summed E-state index contributed by atoms with van der Waals surface area (Å²) in [4.78, 5) is 12.3. The molecule has 4 fully saturated rings. The van der Waals surface area contributed by atoms with Crippen molar-refractivity contribution in [2.45, 2.75) is 38.5 Å². The van der Waals surface area contributed by atoms with Crippen LogP contribution in [0.2, 0.25) is 0 Å². The van der Waals surface area contributed by atoms with Gasteiger partial charge in [0.05, 0.1) is 11.5 Å². The van der Waals surface area contributed by atoms with Crippen LogP contribution in [0.25, 0.3) is 0 Å². The fourth-order valence-corrected chi connectivity index (χ4v) is 4.70. The summed E-state index contributed by atoms with van der Waals surface area (Å²) in [5.74, 6) is 2.51. The number of nitriles is 1. The first kappa shape index (κ1) is 10.8. The van der Waals surface area contributed by atoms with Crippen LogP contribution < -0.4 is 5.32 Å². The largest absolute Gasteiger partial charge is 0.331 e. The highest BCUT2D eigenvalue weighted by atomic mass is 16.2. The van der Waals surface area contributed by atoms with Crippen LogP contribution in [0, 0.1) is 34.5 Å². The molecule has 0 heterocycles. The molecule has 4 bridgehead atoms. The van der Waals surface area contributed by atoms with E-state index in [1.54, 1.807) is 0 Å². The van der Waals surface area contributed by atoms with Crippen molar-refractivity contribution in [2.75, 3.05) is 0 Å². The Morgan fingerprint density at radius 2 is 1.71 bits per heavy atom. The van der Waals surface area contributed by atoms with Crippen LogP contribution in [0.5, 0.6) is 0 Å². The van der Waals surface area contributed by atoms with Crippen molar-refractivity contribution in [3.05, 3.63) is 12.3 Å². The van der Waals surface area contributed by atoms with E-state index in [-0.39, 0.29) is 11.3 Å². The maximum absolute atomic E-state index is 12.3. The number of allylic oxidation sites excluding steroid dienone is 1. The van der Waals surface area contributed by atoms with E-state index in [1.807, 2.05) is 6.07 Å². The Morgan fingerprint density at radius 3 is 2.18 bits per heavy atom. The zero-order valence-corrected chi connectivity index (χ0v) is 9.98. The molecule has 0 saturated heterocycles. The fourth-order valence-electron chi connectivity index (χ4n) is 4.70. The third-order valence-corrected chi connectivity index (χ3v) is 4.89. The maximum Gasteiger partial charge on any atom is 0.230 e. The molecule has 0 aliphatic heterocycles. The zero-order chi connectivity index (χ0) is 11.9. The lowest BCUT2D eigenvalue weighted by Gasteiger charge is -2.55. The molecule has 0 radical (unpaired) electrons. The van der Waals surface area contributed by atoms with E-state index in [4.69, 9.17) is 5.26 Å². The van der Waals surface area contributed by atoms with Crippen LogP contribution in [0.1, 0.15) is 38.5 Å². The van der Waals surface area contributed by atoms with Gasteiger partial charge in [0.2, 0.25) is 5.91 Å². The lowest BCUT2D eigenvalue weighted by atomic mass is 9.49. The molecular formula is C14H18N2O. The zero-order valence-electron chi connectivity index (χ0n) is 9.98. The summed E-state index contributed by atoms with van der Waals surface area (Å²) in [7, 11) is 0. The van der Waals surface area contributed by atoms with Gasteiger partial charge in [0.15, 0.2) is 0 Å². The molecule has 4 rings (SSSR count). The van der Waals surface area contributed by atoms with Gasteiger partial charge in [-0.2, -0.15) is 5.26 Å². The molecule has 4 aliphatic rings. The highest BCUT2D eigenvalue weighted by Gasteiger charge is 2.54. The SMILES string of the molecule is N#C/C=C/NC(=O)C12CC3CC(CC(C3)C1)C2. The minimum Gasteiger partial charge on any atom is -0.331 e. The summed E-state index contributed by atoms with van der Waals surface area (Å²) in [5, 5.41) is 11.2. The third-order valence-electron chi connectivity index (χ3n) is 4.89. The van der Waals surface area contributed by atoms with E-state index in [0.29, 0.717) is 0 Å². The summed E-state index contributed by atoms with van der Waals surface area (Å²) in [6, 6.07) is 1.90. The minimum absolute atomic E-state index is 0.103. The molecule has 0 spiro atoms. The Morgan fingerprint density at radius 1 is 1.18 bits per heavy atom. The van der Waals surface area contributed by atoms with Crippen LogP contribution in [0.3, 0.4) is 0 Å². The van der Waals surface area contributed by atoms with Crippen LogP contribution in [0.15, 0.2) is 12.3 Å². The van der Waals surface area contributed by atoms with Gasteiger partial charge in [0, 0.05) is 12.3 Å². The van der Waals surface area contributed by atoms with E-state index >= 15 is 0 Å². The second-order valence-corrected chi connectivity index (χ2v) is 6.13. The Labute approximate surface area is 102 Å². The van der Waals surface area contributed by atoms with Gasteiger partial charge in [0.25, 0.3) is 0 Å². The molecule has 0 aromatic rings. The molecule has 17 heavy (non-hydrogen) atoms. The van der Waals surface area contributed by atoms with Gasteiger partial charge in [-0.1, -0.05) is 0 Å². The number of carbonyl (C=O) groups is 1. The Kier molecular flexibility index (Phi) is 2.47. The minimum atomic E-state index is -0.103. The highest BCUT2D eigenvalue weighted by Crippen LogP contribution is 2.60. The van der Waals surface area contributed by atoms with Gasteiger partial charge in [-0.3, -0.25) is 4.79 Å². The Balaban J connectivity index is 1.75. The van der Waals surface area contributed by atoms with Crippen LogP contribution in [-0.2, 0) is 4.79 Å². The monoisotopic (exact) mass is 230 g/mol. The number of rotatable bonds is 2. The van der Waals surface area contributed by atoms with Crippen molar-refractivity contribution in [2.24, 2.45) is 23.2 Å². The van der Waals surface area contributed by atoms with E-state index in [9.17, 15) is 4.79 Å². The Bertz CT molecular complexity index is 370. The number of carbonyl (C=O) groups excluding carboxylic acids is 1. The molecular weight excluding hydrogens is 212 g/mol. The van der Waals surface area contributed by atoms with Gasteiger partial charge in [-0.25, -0.2) is 0 Å². The fraction of sp³-hybridized carbons (Fsp3) is 0.714. The van der Waals surface area contributed by atoms with Crippen molar-refractivity contribution >= 4 is 5.91 Å². The van der Waals surface area contributed by atoms with E-state index < -0.39 is 0 Å². The van der Waals surface area contributed by atoms with Crippen LogP contribution in [0.4, 0.5) is 0 Å². The molecule has 4 aliphatic carbocycles. The van der Waals surface area contributed by atoms with Crippen LogP contribution >= 0.6 is 0 Å². The lowest BCUT2D eigenvalue weighted by molar-refractivity contribution is -0.145.